The van der Waals surface area contributed by atoms with Crippen LogP contribution in [-0.2, 0) is 0 Å². The molecule has 0 aromatic carbocycles. The summed E-state index contributed by atoms with van der Waals surface area (Å²) in [6, 6.07) is 3.33. The smallest absolute Gasteiger partial charge is 0.240 e. The van der Waals surface area contributed by atoms with Crippen molar-refractivity contribution in [3.63, 3.8) is 0 Å². The van der Waals surface area contributed by atoms with Crippen LogP contribution in [0.1, 0.15) is 5.69 Å². The van der Waals surface area contributed by atoms with Gasteiger partial charge in [0.1, 0.15) is 5.82 Å². The van der Waals surface area contributed by atoms with Crippen LogP contribution in [-0.4, -0.2) is 26.4 Å². The Kier molecular flexibility index (Phi) is 2.95. The summed E-state index contributed by atoms with van der Waals surface area (Å²) in [6.07, 6.45) is 1.87. The minimum Gasteiger partial charge on any atom is -0.419 e. The monoisotopic (exact) mass is 237 g/mol. The minimum atomic E-state index is 0.376. The summed E-state index contributed by atoms with van der Waals surface area (Å²) < 4.78 is 5.44. The van der Waals surface area contributed by atoms with Crippen LogP contribution in [0.3, 0.4) is 0 Å². The molecular weight excluding hydrogens is 226 g/mol. The van der Waals surface area contributed by atoms with Gasteiger partial charge in [0, 0.05) is 17.8 Å². The SMILES string of the molecule is CSc1nc(N)cc(Oc2cc(C)[nH]n2)n1. The average Bonchev–Trinajstić information content (AvgIpc) is 2.63. The Balaban J connectivity index is 2.24. The number of hydrogen-bond donors (Lipinski definition) is 2. The maximum Gasteiger partial charge on any atom is 0.240 e. The van der Waals surface area contributed by atoms with E-state index >= 15 is 0 Å². The molecule has 16 heavy (non-hydrogen) atoms. The van der Waals surface area contributed by atoms with E-state index in [-0.39, 0.29) is 0 Å². The van der Waals surface area contributed by atoms with Crippen LogP contribution in [0.25, 0.3) is 0 Å². The Morgan fingerprint density at radius 3 is 2.75 bits per heavy atom. The topological polar surface area (TPSA) is 89.7 Å². The van der Waals surface area contributed by atoms with Crippen molar-refractivity contribution in [3.05, 3.63) is 17.8 Å². The van der Waals surface area contributed by atoms with Crippen molar-refractivity contribution in [2.45, 2.75) is 12.1 Å². The van der Waals surface area contributed by atoms with Crippen molar-refractivity contribution in [3.8, 4) is 11.8 Å². The lowest BCUT2D eigenvalue weighted by Gasteiger charge is -2.03. The van der Waals surface area contributed by atoms with Gasteiger partial charge in [0.05, 0.1) is 0 Å². The van der Waals surface area contributed by atoms with Crippen LogP contribution in [0.5, 0.6) is 11.8 Å². The van der Waals surface area contributed by atoms with Gasteiger partial charge in [-0.3, -0.25) is 5.10 Å². The number of nitrogens with one attached hydrogen (secondary N) is 1. The summed E-state index contributed by atoms with van der Waals surface area (Å²) in [7, 11) is 0. The van der Waals surface area contributed by atoms with E-state index in [2.05, 4.69) is 20.2 Å². The molecule has 2 aromatic heterocycles. The number of rotatable bonds is 3. The molecule has 0 saturated carbocycles. The van der Waals surface area contributed by atoms with E-state index < -0.39 is 0 Å². The van der Waals surface area contributed by atoms with Crippen molar-refractivity contribution in [1.82, 2.24) is 20.2 Å². The Morgan fingerprint density at radius 2 is 2.12 bits per heavy atom. The van der Waals surface area contributed by atoms with Crippen molar-refractivity contribution >= 4 is 17.6 Å². The number of nitrogens with zero attached hydrogens (tertiary/aromatic N) is 3. The summed E-state index contributed by atoms with van der Waals surface area (Å²) in [4.78, 5) is 8.17. The van der Waals surface area contributed by atoms with Gasteiger partial charge in [-0.25, -0.2) is 4.98 Å². The van der Waals surface area contributed by atoms with E-state index in [0.29, 0.717) is 22.7 Å². The molecule has 3 N–H and O–H groups in total. The number of nitrogens with two attached hydrogens (primary N) is 1. The highest BCUT2D eigenvalue weighted by atomic mass is 32.2. The fourth-order valence-electron chi connectivity index (χ4n) is 1.12. The molecule has 0 aliphatic rings. The number of ether oxygens (including phenoxy) is 1. The average molecular weight is 237 g/mol. The normalized spacial score (nSPS) is 10.4. The van der Waals surface area contributed by atoms with Crippen LogP contribution in [0, 0.1) is 6.92 Å². The molecule has 6 nitrogen and oxygen atoms in total. The summed E-state index contributed by atoms with van der Waals surface area (Å²) in [6.45, 7) is 1.89. The van der Waals surface area contributed by atoms with Gasteiger partial charge in [-0.05, 0) is 13.2 Å². The predicted octanol–water partition coefficient (Wildman–Crippen LogP) is 1.60. The molecule has 0 aliphatic heterocycles. The van der Waals surface area contributed by atoms with Gasteiger partial charge in [0.15, 0.2) is 5.16 Å². The van der Waals surface area contributed by atoms with Gasteiger partial charge in [0.2, 0.25) is 11.8 Å². The second kappa shape index (κ2) is 4.40. The Labute approximate surface area is 96.6 Å². The first-order valence-corrected chi connectivity index (χ1v) is 5.78. The highest BCUT2D eigenvalue weighted by molar-refractivity contribution is 7.98. The molecule has 0 atom stereocenters. The predicted molar refractivity (Wildman–Crippen MR) is 61.6 cm³/mol. The summed E-state index contributed by atoms with van der Waals surface area (Å²) >= 11 is 1.40. The third kappa shape index (κ3) is 2.43. The van der Waals surface area contributed by atoms with Crippen LogP contribution in [0.4, 0.5) is 5.82 Å². The van der Waals surface area contributed by atoms with Gasteiger partial charge in [-0.1, -0.05) is 11.8 Å². The first-order valence-electron chi connectivity index (χ1n) is 4.56. The van der Waals surface area contributed by atoms with Gasteiger partial charge < -0.3 is 10.5 Å². The molecule has 0 saturated heterocycles. The first kappa shape index (κ1) is 10.7. The van der Waals surface area contributed by atoms with Crippen molar-refractivity contribution in [2.75, 3.05) is 12.0 Å². The van der Waals surface area contributed by atoms with E-state index in [1.807, 2.05) is 13.2 Å². The number of aromatic amines is 1. The zero-order chi connectivity index (χ0) is 11.5. The molecule has 7 heteroatoms. The van der Waals surface area contributed by atoms with Gasteiger partial charge >= 0.3 is 0 Å². The third-order valence-corrected chi connectivity index (χ3v) is 2.32. The lowest BCUT2D eigenvalue weighted by atomic mass is 10.5. The third-order valence-electron chi connectivity index (χ3n) is 1.78. The molecule has 2 aromatic rings. The molecule has 0 radical (unpaired) electrons. The zero-order valence-corrected chi connectivity index (χ0v) is 9.71. The van der Waals surface area contributed by atoms with E-state index in [1.165, 1.54) is 11.8 Å². The summed E-state index contributed by atoms with van der Waals surface area (Å²) in [5.74, 6) is 1.23. The maximum atomic E-state index is 5.62. The van der Waals surface area contributed by atoms with Crippen LogP contribution >= 0.6 is 11.8 Å². The first-order chi connectivity index (χ1) is 7.67. The van der Waals surface area contributed by atoms with Crippen molar-refractivity contribution < 1.29 is 4.74 Å². The van der Waals surface area contributed by atoms with Crippen LogP contribution in [0.2, 0.25) is 0 Å². The molecule has 0 aliphatic carbocycles. The van der Waals surface area contributed by atoms with Gasteiger partial charge in [0.25, 0.3) is 0 Å². The molecule has 2 rings (SSSR count). The van der Waals surface area contributed by atoms with Gasteiger partial charge in [-0.2, -0.15) is 4.98 Å². The summed E-state index contributed by atoms with van der Waals surface area (Å²) in [5, 5.41) is 7.29. The molecule has 0 unspecified atom stereocenters. The minimum absolute atomic E-state index is 0.376. The number of aryl methyl sites for hydroxylation is 1. The molecule has 84 valence electrons. The standard InChI is InChI=1S/C9H11N5OS/c1-5-3-8(14-13-5)15-7-4-6(10)11-9(12-7)16-2/h3-4H,1-2H3,(H,13,14)(H2,10,11,12). The number of nitrogen functional groups attached to an aromatic ring is 1. The fourth-order valence-corrected chi connectivity index (χ4v) is 1.49. The van der Waals surface area contributed by atoms with E-state index in [4.69, 9.17) is 10.5 Å². The Morgan fingerprint density at radius 1 is 1.31 bits per heavy atom. The summed E-state index contributed by atoms with van der Waals surface area (Å²) in [5.41, 5.74) is 6.54. The largest absolute Gasteiger partial charge is 0.419 e. The van der Waals surface area contributed by atoms with Gasteiger partial charge in [-0.15, -0.1) is 5.10 Å². The molecular formula is C9H11N5OS. The van der Waals surface area contributed by atoms with E-state index in [0.717, 1.165) is 5.69 Å². The number of aromatic nitrogens is 4. The highest BCUT2D eigenvalue weighted by Gasteiger charge is 2.05. The highest BCUT2D eigenvalue weighted by Crippen LogP contribution is 2.21. The van der Waals surface area contributed by atoms with E-state index in [1.54, 1.807) is 12.1 Å². The van der Waals surface area contributed by atoms with E-state index in [9.17, 15) is 0 Å². The molecule has 0 amide bonds. The molecule has 2 heterocycles. The fraction of sp³-hybridized carbons (Fsp3) is 0.222. The lowest BCUT2D eigenvalue weighted by molar-refractivity contribution is 0.437. The van der Waals surface area contributed by atoms with Crippen LogP contribution in [0.15, 0.2) is 17.3 Å². The van der Waals surface area contributed by atoms with Crippen molar-refractivity contribution in [2.24, 2.45) is 0 Å². The van der Waals surface area contributed by atoms with Crippen LogP contribution < -0.4 is 10.5 Å². The molecule has 0 bridgehead atoms. The second-order valence-corrected chi connectivity index (χ2v) is 3.88. The van der Waals surface area contributed by atoms with Crippen molar-refractivity contribution in [1.29, 1.82) is 0 Å². The zero-order valence-electron chi connectivity index (χ0n) is 8.89. The second-order valence-electron chi connectivity index (χ2n) is 3.11. The Bertz CT molecular complexity index is 498. The number of thioether (sulfide) groups is 1. The number of H-pyrrole nitrogens is 1. The number of anilines is 1. The quantitative estimate of drug-likeness (QED) is 0.622. The Hall–Kier alpha value is -1.76. The molecule has 0 spiro atoms. The maximum absolute atomic E-state index is 5.62. The lowest BCUT2D eigenvalue weighted by Crippen LogP contribution is -1.97. The number of hydrogen-bond acceptors (Lipinski definition) is 6. The molecule has 0 fully saturated rings.